The van der Waals surface area contributed by atoms with E-state index in [0.717, 1.165) is 12.8 Å². The minimum Gasteiger partial charge on any atom is -0.352 e. The maximum atomic E-state index is 5.53. The molecule has 0 saturated carbocycles. The summed E-state index contributed by atoms with van der Waals surface area (Å²) in [6, 6.07) is 17.7. The number of thiocarbonyl (C=S) groups is 1. The highest BCUT2D eigenvalue weighted by Gasteiger charge is 2.30. The normalized spacial score (nSPS) is 21.2. The molecule has 2 aromatic rings. The highest BCUT2D eigenvalue weighted by molar-refractivity contribution is 7.80. The lowest BCUT2D eigenvalue weighted by atomic mass is 9.83. The van der Waals surface area contributed by atoms with Crippen LogP contribution in [0.2, 0.25) is 0 Å². The van der Waals surface area contributed by atoms with E-state index >= 15 is 0 Å². The Kier molecular flexibility index (Phi) is 4.64. The van der Waals surface area contributed by atoms with Crippen LogP contribution in [0.25, 0.3) is 6.08 Å². The third-order valence-corrected chi connectivity index (χ3v) is 5.45. The molecule has 1 atom stereocenters. The minimum atomic E-state index is 0.168. The van der Waals surface area contributed by atoms with Gasteiger partial charge in [-0.05, 0) is 73.7 Å². The molecule has 2 N–H and O–H groups in total. The molecule has 4 rings (SSSR count). The number of aryl methyl sites for hydroxylation is 2. The molecule has 2 aromatic carbocycles. The highest BCUT2D eigenvalue weighted by atomic mass is 32.1. The van der Waals surface area contributed by atoms with Crippen LogP contribution in [0.3, 0.4) is 0 Å². The number of allylic oxidation sites excluding steroid dienone is 1. The van der Waals surface area contributed by atoms with Crippen molar-refractivity contribution in [1.82, 2.24) is 10.6 Å². The number of rotatable bonds is 2. The molecule has 1 aliphatic carbocycles. The molecular weight excluding hydrogens is 336 g/mol. The number of benzene rings is 2. The van der Waals surface area contributed by atoms with Gasteiger partial charge in [-0.3, -0.25) is 0 Å². The summed E-state index contributed by atoms with van der Waals surface area (Å²) in [5.41, 5.74) is 9.11. The number of hydrogen-bond donors (Lipinski definition) is 2. The average molecular weight is 361 g/mol. The lowest BCUT2D eigenvalue weighted by molar-refractivity contribution is 0.609. The Hall–Kier alpha value is -2.39. The zero-order valence-electron chi connectivity index (χ0n) is 15.3. The standard InChI is InChI=1S/C23H24N2S/c1-15-6-10-17(11-7-15)14-19-4-3-5-20-21(24-23(26)25-22(19)20)18-12-8-16(2)9-13-18/h6-14,21H,3-5H2,1-2H3,(H2,24,25,26)/t21-/m1/s1. The molecule has 0 fully saturated rings. The summed E-state index contributed by atoms with van der Waals surface area (Å²) in [5.74, 6) is 0. The molecule has 0 aromatic heterocycles. The molecule has 2 nitrogen and oxygen atoms in total. The van der Waals surface area contributed by atoms with Gasteiger partial charge in [0, 0.05) is 5.70 Å². The van der Waals surface area contributed by atoms with Crippen LogP contribution in [-0.4, -0.2) is 5.11 Å². The third-order valence-electron chi connectivity index (χ3n) is 5.23. The highest BCUT2D eigenvalue weighted by Crippen LogP contribution is 2.38. The first-order valence-corrected chi connectivity index (χ1v) is 9.66. The smallest absolute Gasteiger partial charge is 0.171 e. The van der Waals surface area contributed by atoms with E-state index < -0.39 is 0 Å². The Balaban J connectivity index is 1.75. The third kappa shape index (κ3) is 3.45. The summed E-state index contributed by atoms with van der Waals surface area (Å²) in [6.07, 6.45) is 5.67. The van der Waals surface area contributed by atoms with Gasteiger partial charge in [-0.2, -0.15) is 0 Å². The maximum Gasteiger partial charge on any atom is 0.171 e. The Morgan fingerprint density at radius 3 is 2.27 bits per heavy atom. The summed E-state index contributed by atoms with van der Waals surface area (Å²) in [7, 11) is 0. The van der Waals surface area contributed by atoms with E-state index in [0.29, 0.717) is 5.11 Å². The van der Waals surface area contributed by atoms with E-state index in [1.807, 2.05) is 0 Å². The SMILES string of the molecule is Cc1ccc(C=C2CCCC3=C2NC(=S)N[C@@H]3c2ccc(C)cc2)cc1. The molecule has 3 heteroatoms. The number of hydrogen-bond acceptors (Lipinski definition) is 1. The monoisotopic (exact) mass is 360 g/mol. The van der Waals surface area contributed by atoms with E-state index in [-0.39, 0.29) is 6.04 Å². The van der Waals surface area contributed by atoms with Crippen LogP contribution >= 0.6 is 12.2 Å². The van der Waals surface area contributed by atoms with Crippen molar-refractivity contribution in [3.05, 3.63) is 87.6 Å². The molecule has 0 radical (unpaired) electrons. The molecule has 26 heavy (non-hydrogen) atoms. The predicted molar refractivity (Wildman–Crippen MR) is 113 cm³/mol. The molecule has 0 bridgehead atoms. The molecule has 1 heterocycles. The predicted octanol–water partition coefficient (Wildman–Crippen LogP) is 5.34. The molecule has 1 aliphatic heterocycles. The van der Waals surface area contributed by atoms with Gasteiger partial charge in [0.1, 0.15) is 0 Å². The van der Waals surface area contributed by atoms with Gasteiger partial charge < -0.3 is 10.6 Å². The molecular formula is C23H24N2S. The zero-order chi connectivity index (χ0) is 18.1. The van der Waals surface area contributed by atoms with Gasteiger partial charge >= 0.3 is 0 Å². The first-order valence-electron chi connectivity index (χ1n) is 9.25. The molecule has 0 unspecified atom stereocenters. The van der Waals surface area contributed by atoms with E-state index in [9.17, 15) is 0 Å². The van der Waals surface area contributed by atoms with Crippen LogP contribution in [-0.2, 0) is 0 Å². The van der Waals surface area contributed by atoms with Gasteiger partial charge in [0.25, 0.3) is 0 Å². The van der Waals surface area contributed by atoms with Crippen LogP contribution in [0.4, 0.5) is 0 Å². The van der Waals surface area contributed by atoms with Gasteiger partial charge in [-0.15, -0.1) is 0 Å². The van der Waals surface area contributed by atoms with Crippen LogP contribution in [0.15, 0.2) is 65.4 Å². The number of nitrogens with one attached hydrogen (secondary N) is 2. The molecule has 0 spiro atoms. The summed E-state index contributed by atoms with van der Waals surface area (Å²) in [6.45, 7) is 4.25. The van der Waals surface area contributed by atoms with Gasteiger partial charge in [0.2, 0.25) is 0 Å². The van der Waals surface area contributed by atoms with E-state index in [1.54, 1.807) is 0 Å². The Bertz CT molecular complexity index is 889. The van der Waals surface area contributed by atoms with Gasteiger partial charge in [0.05, 0.1) is 6.04 Å². The molecule has 0 amide bonds. The van der Waals surface area contributed by atoms with E-state index in [1.165, 1.54) is 45.5 Å². The Morgan fingerprint density at radius 2 is 1.58 bits per heavy atom. The van der Waals surface area contributed by atoms with E-state index in [4.69, 9.17) is 12.2 Å². The quantitative estimate of drug-likeness (QED) is 0.707. The van der Waals surface area contributed by atoms with Crippen molar-refractivity contribution >= 4 is 23.4 Å². The second-order valence-corrected chi connectivity index (χ2v) is 7.68. The fourth-order valence-electron chi connectivity index (χ4n) is 3.79. The van der Waals surface area contributed by atoms with E-state index in [2.05, 4.69) is 79.1 Å². The lowest BCUT2D eigenvalue weighted by Crippen LogP contribution is -2.45. The first-order chi connectivity index (χ1) is 12.6. The van der Waals surface area contributed by atoms with Crippen molar-refractivity contribution in [3.63, 3.8) is 0 Å². The lowest BCUT2D eigenvalue weighted by Gasteiger charge is -2.36. The van der Waals surface area contributed by atoms with Gasteiger partial charge in [-0.25, -0.2) is 0 Å². The van der Waals surface area contributed by atoms with Crippen LogP contribution < -0.4 is 10.6 Å². The average Bonchev–Trinajstić information content (AvgIpc) is 2.64. The fraction of sp³-hybridized carbons (Fsp3) is 0.261. The van der Waals surface area contributed by atoms with Crippen LogP contribution in [0.1, 0.15) is 47.6 Å². The van der Waals surface area contributed by atoms with Crippen molar-refractivity contribution in [2.24, 2.45) is 0 Å². The summed E-state index contributed by atoms with van der Waals surface area (Å²) >= 11 is 5.53. The first kappa shape index (κ1) is 17.0. The van der Waals surface area contributed by atoms with Crippen molar-refractivity contribution in [1.29, 1.82) is 0 Å². The van der Waals surface area contributed by atoms with Crippen LogP contribution in [0, 0.1) is 13.8 Å². The molecule has 2 aliphatic rings. The topological polar surface area (TPSA) is 24.1 Å². The summed E-state index contributed by atoms with van der Waals surface area (Å²) in [5, 5.41) is 7.64. The van der Waals surface area contributed by atoms with Gasteiger partial charge in [0.15, 0.2) is 5.11 Å². The molecule has 132 valence electrons. The van der Waals surface area contributed by atoms with Crippen molar-refractivity contribution < 1.29 is 0 Å². The second kappa shape index (κ2) is 7.08. The fourth-order valence-corrected chi connectivity index (χ4v) is 4.01. The van der Waals surface area contributed by atoms with Gasteiger partial charge in [-0.1, -0.05) is 59.7 Å². The van der Waals surface area contributed by atoms with Crippen molar-refractivity contribution in [3.8, 4) is 0 Å². The summed E-state index contributed by atoms with van der Waals surface area (Å²) < 4.78 is 0. The van der Waals surface area contributed by atoms with Crippen molar-refractivity contribution in [2.75, 3.05) is 0 Å². The maximum absolute atomic E-state index is 5.53. The van der Waals surface area contributed by atoms with Crippen LogP contribution in [0.5, 0.6) is 0 Å². The Labute approximate surface area is 161 Å². The zero-order valence-corrected chi connectivity index (χ0v) is 16.1. The summed E-state index contributed by atoms with van der Waals surface area (Å²) in [4.78, 5) is 0. The minimum absolute atomic E-state index is 0.168. The molecule has 0 saturated heterocycles. The van der Waals surface area contributed by atoms with Crippen molar-refractivity contribution in [2.45, 2.75) is 39.2 Å². The second-order valence-electron chi connectivity index (χ2n) is 7.28. The Morgan fingerprint density at radius 1 is 0.923 bits per heavy atom. The largest absolute Gasteiger partial charge is 0.352 e.